The van der Waals surface area contributed by atoms with Crippen LogP contribution in [-0.2, 0) is 4.79 Å². The first-order valence-corrected chi connectivity index (χ1v) is 5.40. The molecule has 1 fully saturated rings. The summed E-state index contributed by atoms with van der Waals surface area (Å²) in [5, 5.41) is 15.0. The van der Waals surface area contributed by atoms with Crippen molar-refractivity contribution in [1.82, 2.24) is 10.3 Å². The third kappa shape index (κ3) is 4.58. The summed E-state index contributed by atoms with van der Waals surface area (Å²) in [6.07, 6.45) is 4.04. The van der Waals surface area contributed by atoms with Crippen molar-refractivity contribution >= 4 is 24.1 Å². The minimum atomic E-state index is -0.186. The van der Waals surface area contributed by atoms with Crippen molar-refractivity contribution in [2.75, 3.05) is 18.4 Å². The first kappa shape index (κ1) is 13.7. The van der Waals surface area contributed by atoms with Gasteiger partial charge in [-0.05, 0) is 37.4 Å². The molecule has 1 saturated carbocycles. The summed E-state index contributed by atoms with van der Waals surface area (Å²) >= 11 is 0. The molecule has 0 radical (unpaired) electrons. The van der Waals surface area contributed by atoms with Gasteiger partial charge in [0.2, 0.25) is 5.91 Å². The van der Waals surface area contributed by atoms with Crippen LogP contribution in [0.4, 0.5) is 5.82 Å². The lowest BCUT2D eigenvalue weighted by Crippen LogP contribution is -2.29. The van der Waals surface area contributed by atoms with E-state index < -0.39 is 0 Å². The van der Waals surface area contributed by atoms with Crippen LogP contribution >= 0.6 is 12.4 Å². The Morgan fingerprint density at radius 1 is 1.53 bits per heavy atom. The molecule has 17 heavy (non-hydrogen) atoms. The Labute approximate surface area is 106 Å². The second kappa shape index (κ2) is 6.42. The Balaban J connectivity index is 0.00000144. The lowest BCUT2D eigenvalue weighted by atomic mass is 10.4. The topological polar surface area (TPSA) is 74.2 Å². The van der Waals surface area contributed by atoms with E-state index in [0.717, 1.165) is 12.5 Å². The highest BCUT2D eigenvalue weighted by molar-refractivity contribution is 5.92. The van der Waals surface area contributed by atoms with Crippen molar-refractivity contribution in [3.63, 3.8) is 0 Å². The summed E-state index contributed by atoms with van der Waals surface area (Å²) in [5.41, 5.74) is 0. The van der Waals surface area contributed by atoms with Gasteiger partial charge in [0, 0.05) is 6.20 Å². The standard InChI is InChI=1S/C11H15N3O2.ClH/c15-9-2-1-5-13-11(9)14-10(16)7-12-6-8-3-4-8;/h1-2,5,8,12,15H,3-4,6-7H2,(H,13,14,16);1H. The smallest absolute Gasteiger partial charge is 0.239 e. The van der Waals surface area contributed by atoms with Crippen molar-refractivity contribution < 1.29 is 9.90 Å². The van der Waals surface area contributed by atoms with Gasteiger partial charge in [-0.3, -0.25) is 4.79 Å². The van der Waals surface area contributed by atoms with Crippen LogP contribution < -0.4 is 10.6 Å². The van der Waals surface area contributed by atoms with Gasteiger partial charge in [-0.15, -0.1) is 12.4 Å². The van der Waals surface area contributed by atoms with Crippen LogP contribution in [0.25, 0.3) is 0 Å². The van der Waals surface area contributed by atoms with Gasteiger partial charge in [0.05, 0.1) is 6.54 Å². The van der Waals surface area contributed by atoms with Gasteiger partial charge in [-0.25, -0.2) is 4.98 Å². The van der Waals surface area contributed by atoms with Gasteiger partial charge in [0.15, 0.2) is 11.6 Å². The molecule has 1 heterocycles. The summed E-state index contributed by atoms with van der Waals surface area (Å²) < 4.78 is 0. The number of anilines is 1. The number of aromatic hydroxyl groups is 1. The van der Waals surface area contributed by atoms with E-state index in [1.807, 2.05) is 0 Å². The Bertz CT molecular complexity index is 383. The van der Waals surface area contributed by atoms with E-state index in [0.29, 0.717) is 0 Å². The van der Waals surface area contributed by atoms with Gasteiger partial charge >= 0.3 is 0 Å². The largest absolute Gasteiger partial charge is 0.504 e. The molecule has 1 aromatic rings. The highest BCUT2D eigenvalue weighted by Crippen LogP contribution is 2.27. The quantitative estimate of drug-likeness (QED) is 0.740. The molecule has 0 unspecified atom stereocenters. The Morgan fingerprint density at radius 2 is 2.29 bits per heavy atom. The maximum absolute atomic E-state index is 11.4. The number of nitrogens with zero attached hydrogens (tertiary/aromatic N) is 1. The van der Waals surface area contributed by atoms with Gasteiger partial charge in [-0.1, -0.05) is 0 Å². The van der Waals surface area contributed by atoms with Gasteiger partial charge in [0.1, 0.15) is 0 Å². The predicted octanol–water partition coefficient (Wildman–Crippen LogP) is 1.15. The predicted molar refractivity (Wildman–Crippen MR) is 67.4 cm³/mol. The molecular formula is C11H16ClN3O2. The van der Waals surface area contributed by atoms with Crippen molar-refractivity contribution in [1.29, 1.82) is 0 Å². The molecule has 94 valence electrons. The molecule has 1 amide bonds. The molecule has 0 aromatic carbocycles. The van der Waals surface area contributed by atoms with Crippen LogP contribution in [0.2, 0.25) is 0 Å². The van der Waals surface area contributed by atoms with Crippen LogP contribution in [0, 0.1) is 5.92 Å². The lowest BCUT2D eigenvalue weighted by Gasteiger charge is -2.06. The average molecular weight is 258 g/mol. The second-order valence-electron chi connectivity index (χ2n) is 3.99. The fraction of sp³-hybridized carbons (Fsp3) is 0.455. The number of nitrogens with one attached hydrogen (secondary N) is 2. The molecule has 5 nitrogen and oxygen atoms in total. The van der Waals surface area contributed by atoms with E-state index in [-0.39, 0.29) is 36.4 Å². The molecule has 0 aliphatic heterocycles. The number of pyridine rings is 1. The van der Waals surface area contributed by atoms with Crippen LogP contribution in [0.1, 0.15) is 12.8 Å². The van der Waals surface area contributed by atoms with Crippen LogP contribution in [0.5, 0.6) is 5.75 Å². The molecule has 1 aliphatic carbocycles. The van der Waals surface area contributed by atoms with Crippen molar-refractivity contribution in [2.24, 2.45) is 5.92 Å². The molecular weight excluding hydrogens is 242 g/mol. The van der Waals surface area contributed by atoms with Crippen LogP contribution in [-0.4, -0.2) is 29.1 Å². The Kier molecular flexibility index (Phi) is 5.18. The minimum Gasteiger partial charge on any atom is -0.504 e. The van der Waals surface area contributed by atoms with E-state index in [1.54, 1.807) is 6.07 Å². The Hall–Kier alpha value is -1.33. The molecule has 0 bridgehead atoms. The third-order valence-corrected chi connectivity index (χ3v) is 2.46. The fourth-order valence-corrected chi connectivity index (χ4v) is 1.38. The molecule has 6 heteroatoms. The number of hydrogen-bond acceptors (Lipinski definition) is 4. The van der Waals surface area contributed by atoms with E-state index in [9.17, 15) is 9.90 Å². The number of rotatable bonds is 5. The van der Waals surface area contributed by atoms with Crippen molar-refractivity contribution in [3.8, 4) is 5.75 Å². The highest BCUT2D eigenvalue weighted by Gasteiger charge is 2.20. The summed E-state index contributed by atoms with van der Waals surface area (Å²) in [4.78, 5) is 15.3. The van der Waals surface area contributed by atoms with Crippen LogP contribution in [0.3, 0.4) is 0 Å². The lowest BCUT2D eigenvalue weighted by molar-refractivity contribution is -0.115. The Morgan fingerprint density at radius 3 is 2.94 bits per heavy atom. The molecule has 0 saturated heterocycles. The van der Waals surface area contributed by atoms with Gasteiger partial charge < -0.3 is 15.7 Å². The molecule has 1 aliphatic rings. The zero-order valence-corrected chi connectivity index (χ0v) is 10.2. The zero-order valence-electron chi connectivity index (χ0n) is 9.35. The molecule has 2 rings (SSSR count). The van der Waals surface area contributed by atoms with E-state index >= 15 is 0 Å². The van der Waals surface area contributed by atoms with E-state index in [1.165, 1.54) is 25.1 Å². The first-order chi connectivity index (χ1) is 7.75. The van der Waals surface area contributed by atoms with E-state index in [4.69, 9.17) is 0 Å². The fourth-order valence-electron chi connectivity index (χ4n) is 1.38. The molecule has 1 aromatic heterocycles. The van der Waals surface area contributed by atoms with Crippen molar-refractivity contribution in [3.05, 3.63) is 18.3 Å². The molecule has 0 spiro atoms. The number of amides is 1. The van der Waals surface area contributed by atoms with Crippen molar-refractivity contribution in [2.45, 2.75) is 12.8 Å². The van der Waals surface area contributed by atoms with Crippen LogP contribution in [0.15, 0.2) is 18.3 Å². The third-order valence-electron chi connectivity index (χ3n) is 2.46. The van der Waals surface area contributed by atoms with Gasteiger partial charge in [-0.2, -0.15) is 0 Å². The maximum atomic E-state index is 11.4. The normalized spacial score (nSPS) is 13.9. The molecule has 3 N–H and O–H groups in total. The minimum absolute atomic E-state index is 0. The average Bonchev–Trinajstić information content (AvgIpc) is 3.05. The number of carbonyl (C=O) groups is 1. The summed E-state index contributed by atoms with van der Waals surface area (Å²) in [7, 11) is 0. The zero-order chi connectivity index (χ0) is 11.4. The van der Waals surface area contributed by atoms with E-state index in [2.05, 4.69) is 15.6 Å². The number of halogens is 1. The van der Waals surface area contributed by atoms with Gasteiger partial charge in [0.25, 0.3) is 0 Å². The highest BCUT2D eigenvalue weighted by atomic mass is 35.5. The number of hydrogen-bond donors (Lipinski definition) is 3. The summed E-state index contributed by atoms with van der Waals surface area (Å²) in [5.74, 6) is 0.754. The number of aromatic nitrogens is 1. The second-order valence-corrected chi connectivity index (χ2v) is 3.99. The number of carbonyl (C=O) groups excluding carboxylic acids is 1. The summed E-state index contributed by atoms with van der Waals surface area (Å²) in [6, 6.07) is 3.09. The monoisotopic (exact) mass is 257 g/mol. The maximum Gasteiger partial charge on any atom is 0.239 e. The summed E-state index contributed by atoms with van der Waals surface area (Å²) in [6.45, 7) is 1.15. The first-order valence-electron chi connectivity index (χ1n) is 5.40. The molecule has 0 atom stereocenters. The SMILES string of the molecule is Cl.O=C(CNCC1CC1)Nc1ncccc1O.